The fourth-order valence-electron chi connectivity index (χ4n) is 1.93. The van der Waals surface area contributed by atoms with Gasteiger partial charge in [-0.2, -0.15) is 0 Å². The second-order valence-corrected chi connectivity index (χ2v) is 5.67. The fourth-order valence-corrected chi connectivity index (χ4v) is 2.11. The van der Waals surface area contributed by atoms with Gasteiger partial charge in [0.05, 0.1) is 5.03 Å². The van der Waals surface area contributed by atoms with Crippen molar-refractivity contribution in [2.45, 2.75) is 19.3 Å². The molecule has 1 aliphatic rings. The van der Waals surface area contributed by atoms with E-state index in [1.807, 2.05) is 36.4 Å². The van der Waals surface area contributed by atoms with Crippen LogP contribution >= 0.6 is 11.6 Å². The van der Waals surface area contributed by atoms with Crippen molar-refractivity contribution in [3.8, 4) is 0 Å². The van der Waals surface area contributed by atoms with Crippen molar-refractivity contribution >= 4 is 22.8 Å². The van der Waals surface area contributed by atoms with Gasteiger partial charge in [0, 0.05) is 18.9 Å². The first-order valence-corrected chi connectivity index (χ1v) is 8.09. The zero-order valence-electron chi connectivity index (χ0n) is 11.4. The normalized spacial score (nSPS) is 16.0. The summed E-state index contributed by atoms with van der Waals surface area (Å²) in [5, 5.41) is 0.811. The van der Waals surface area contributed by atoms with Crippen LogP contribution in [0.4, 0.5) is 0 Å². The van der Waals surface area contributed by atoms with E-state index in [0.717, 1.165) is 23.7 Å². The number of halogens is 2. The van der Waals surface area contributed by atoms with Gasteiger partial charge in [-0.15, -0.1) is 10.2 Å². The SMILES string of the molecule is ClC(=CC=[N+]1CCCCC1)c1ccccc1.[O-][Cl+3]([O-])([O-])[O-]. The van der Waals surface area contributed by atoms with E-state index in [2.05, 4.69) is 10.8 Å². The minimum absolute atomic E-state index is 0.811. The van der Waals surface area contributed by atoms with Gasteiger partial charge in [0.25, 0.3) is 0 Å². The summed E-state index contributed by atoms with van der Waals surface area (Å²) in [5.41, 5.74) is 1.08. The van der Waals surface area contributed by atoms with Crippen molar-refractivity contribution in [2.24, 2.45) is 0 Å². The molecule has 7 heteroatoms. The molecule has 1 fully saturated rings. The lowest BCUT2D eigenvalue weighted by molar-refractivity contribution is -2.00. The quantitative estimate of drug-likeness (QED) is 0.633. The highest BCUT2D eigenvalue weighted by atomic mass is 35.7. The topological polar surface area (TPSA) is 95.2 Å². The predicted molar refractivity (Wildman–Crippen MR) is 70.2 cm³/mol. The van der Waals surface area contributed by atoms with Crippen molar-refractivity contribution in [2.75, 3.05) is 13.1 Å². The number of hydrogen-bond donors (Lipinski definition) is 0. The fraction of sp³-hybridized carbons (Fsp3) is 0.357. The van der Waals surface area contributed by atoms with Crippen LogP contribution in [0.25, 0.3) is 5.03 Å². The highest BCUT2D eigenvalue weighted by molar-refractivity contribution is 6.49. The Morgan fingerprint density at radius 2 is 1.52 bits per heavy atom. The van der Waals surface area contributed by atoms with Crippen molar-refractivity contribution in [3.05, 3.63) is 42.0 Å². The van der Waals surface area contributed by atoms with Crippen LogP contribution in [-0.2, 0) is 0 Å². The van der Waals surface area contributed by atoms with Gasteiger partial charge in [-0.25, -0.2) is 23.2 Å². The number of rotatable bonds is 2. The summed E-state index contributed by atoms with van der Waals surface area (Å²) in [6.45, 7) is 2.32. The first kappa shape index (κ1) is 18.1. The molecule has 1 aliphatic heterocycles. The van der Waals surface area contributed by atoms with Crippen LogP contribution in [-0.4, -0.2) is 23.9 Å². The van der Waals surface area contributed by atoms with E-state index < -0.39 is 10.2 Å². The Morgan fingerprint density at radius 3 is 2.05 bits per heavy atom. The van der Waals surface area contributed by atoms with Crippen molar-refractivity contribution in [1.82, 2.24) is 0 Å². The smallest absolute Gasteiger partial charge is 0.164 e. The van der Waals surface area contributed by atoms with Crippen LogP contribution in [0.3, 0.4) is 0 Å². The predicted octanol–water partition coefficient (Wildman–Crippen LogP) is -1.22. The molecular formula is C14H17Cl2NO4. The molecule has 1 saturated heterocycles. The molecule has 0 amide bonds. The van der Waals surface area contributed by atoms with E-state index >= 15 is 0 Å². The van der Waals surface area contributed by atoms with Crippen LogP contribution in [0.15, 0.2) is 36.4 Å². The second kappa shape index (κ2) is 9.15. The number of nitrogens with zero attached hydrogens (tertiary/aromatic N) is 1. The molecule has 0 N–H and O–H groups in total. The molecule has 2 rings (SSSR count). The van der Waals surface area contributed by atoms with E-state index in [4.69, 9.17) is 30.2 Å². The van der Waals surface area contributed by atoms with E-state index in [9.17, 15) is 0 Å². The molecule has 0 unspecified atom stereocenters. The zero-order chi connectivity index (χ0) is 15.7. The summed E-state index contributed by atoms with van der Waals surface area (Å²) in [7, 11) is -4.94. The number of hydrogen-bond acceptors (Lipinski definition) is 4. The summed E-state index contributed by atoms with van der Waals surface area (Å²) in [5.74, 6) is 0. The number of piperidine rings is 1. The second-order valence-electron chi connectivity index (χ2n) is 4.50. The summed E-state index contributed by atoms with van der Waals surface area (Å²) < 4.78 is 36.3. The van der Waals surface area contributed by atoms with E-state index in [1.165, 1.54) is 19.3 Å². The van der Waals surface area contributed by atoms with E-state index in [1.54, 1.807) is 0 Å². The molecule has 0 atom stereocenters. The van der Waals surface area contributed by atoms with Crippen LogP contribution in [0, 0.1) is 10.2 Å². The first-order chi connectivity index (χ1) is 9.86. The maximum atomic E-state index is 8.49. The monoisotopic (exact) mass is 333 g/mol. The molecule has 1 aromatic rings. The average molecular weight is 334 g/mol. The van der Waals surface area contributed by atoms with E-state index in [-0.39, 0.29) is 0 Å². The van der Waals surface area contributed by atoms with Gasteiger partial charge in [0.1, 0.15) is 13.1 Å². The minimum atomic E-state index is -4.94. The summed E-state index contributed by atoms with van der Waals surface area (Å²) in [4.78, 5) is 0. The molecule has 1 heterocycles. The third-order valence-electron chi connectivity index (χ3n) is 2.87. The molecule has 0 radical (unpaired) electrons. The molecule has 0 aromatic heterocycles. The lowest BCUT2D eigenvalue weighted by Gasteiger charge is -2.17. The molecular weight excluding hydrogens is 317 g/mol. The van der Waals surface area contributed by atoms with Gasteiger partial charge in [0.2, 0.25) is 0 Å². The number of allylic oxidation sites excluding steroid dienone is 1. The lowest BCUT2D eigenvalue weighted by Crippen LogP contribution is -2.68. The van der Waals surface area contributed by atoms with Gasteiger partial charge in [-0.1, -0.05) is 41.9 Å². The summed E-state index contributed by atoms with van der Waals surface area (Å²) >= 11 is 6.23. The minimum Gasteiger partial charge on any atom is -0.236 e. The largest absolute Gasteiger partial charge is 0.236 e. The highest BCUT2D eigenvalue weighted by Crippen LogP contribution is 2.17. The average Bonchev–Trinajstić information content (AvgIpc) is 2.45. The number of benzene rings is 1. The van der Waals surface area contributed by atoms with Gasteiger partial charge < -0.3 is 0 Å². The van der Waals surface area contributed by atoms with Crippen LogP contribution in [0.2, 0.25) is 0 Å². The van der Waals surface area contributed by atoms with Crippen molar-refractivity contribution in [1.29, 1.82) is 0 Å². The molecule has 116 valence electrons. The molecule has 0 bridgehead atoms. The maximum absolute atomic E-state index is 8.49. The van der Waals surface area contributed by atoms with Crippen molar-refractivity contribution < 1.29 is 33.5 Å². The molecule has 0 spiro atoms. The Kier molecular flexibility index (Phi) is 7.88. The summed E-state index contributed by atoms with van der Waals surface area (Å²) in [6, 6.07) is 10.1. The molecule has 5 nitrogen and oxygen atoms in total. The third kappa shape index (κ3) is 9.57. The first-order valence-electron chi connectivity index (χ1n) is 6.48. The Morgan fingerprint density at radius 1 is 1.00 bits per heavy atom. The Hall–Kier alpha value is -0.950. The highest BCUT2D eigenvalue weighted by Gasteiger charge is 2.09. The third-order valence-corrected chi connectivity index (χ3v) is 3.22. The zero-order valence-corrected chi connectivity index (χ0v) is 12.9. The van der Waals surface area contributed by atoms with Gasteiger partial charge >= 0.3 is 0 Å². The maximum Gasteiger partial charge on any atom is 0.164 e. The van der Waals surface area contributed by atoms with Gasteiger partial charge in [0.15, 0.2) is 6.21 Å². The van der Waals surface area contributed by atoms with Crippen LogP contribution in [0.5, 0.6) is 0 Å². The van der Waals surface area contributed by atoms with E-state index in [0.29, 0.717) is 0 Å². The Bertz CT molecular complexity index is 469. The van der Waals surface area contributed by atoms with Crippen LogP contribution < -0.4 is 18.6 Å². The van der Waals surface area contributed by atoms with Gasteiger partial charge in [-0.05, 0) is 12.0 Å². The summed E-state index contributed by atoms with van der Waals surface area (Å²) in [6.07, 6.45) is 8.08. The molecule has 0 aliphatic carbocycles. The standard InChI is InChI=1S/C14H17ClN.ClHO4/c15-14(13-7-3-1-4-8-13)9-12-16-10-5-2-6-11-16;2-1(3,4)5/h1,3-4,7-9,12H,2,5-6,10-11H2;(H,2,3,4,5)/q+1;/p-1. The lowest BCUT2D eigenvalue weighted by atomic mass is 10.1. The van der Waals surface area contributed by atoms with Gasteiger partial charge in [-0.3, -0.25) is 0 Å². The Labute approximate surface area is 131 Å². The Balaban J connectivity index is 0.000000383. The molecule has 21 heavy (non-hydrogen) atoms. The van der Waals surface area contributed by atoms with Crippen LogP contribution in [0.1, 0.15) is 24.8 Å². The molecule has 0 saturated carbocycles. The molecule has 1 aromatic carbocycles. The van der Waals surface area contributed by atoms with Crippen molar-refractivity contribution in [3.63, 3.8) is 0 Å².